The number of rotatable bonds is 13. The molecule has 0 aliphatic carbocycles. The Balaban J connectivity index is 1.43. The maximum Gasteiger partial charge on any atom is 0.315 e. The SMILES string of the molecule is CCCCCCCCC(C)(C)C(=O)OC[N+]1(C)CCc2c(c3cc(C)ccc3n2CCc2ccc(C)nc2)C1. The Morgan fingerprint density at radius 3 is 2.59 bits per heavy atom. The topological polar surface area (TPSA) is 44.1 Å². The third kappa shape index (κ3) is 7.30. The maximum absolute atomic E-state index is 13.1. The lowest BCUT2D eigenvalue weighted by Crippen LogP contribution is -2.50. The average molecular weight is 533 g/mol. The first-order valence-corrected chi connectivity index (χ1v) is 15.1. The molecule has 0 saturated carbocycles. The third-order valence-electron chi connectivity index (χ3n) is 8.68. The van der Waals surface area contributed by atoms with Gasteiger partial charge >= 0.3 is 5.97 Å². The number of hydrogen-bond acceptors (Lipinski definition) is 3. The Labute approximate surface area is 236 Å². The van der Waals surface area contributed by atoms with Crippen molar-refractivity contribution < 1.29 is 14.0 Å². The summed E-state index contributed by atoms with van der Waals surface area (Å²) >= 11 is 0. The van der Waals surface area contributed by atoms with Crippen LogP contribution in [0.2, 0.25) is 0 Å². The van der Waals surface area contributed by atoms with E-state index in [-0.39, 0.29) is 5.97 Å². The van der Waals surface area contributed by atoms with Gasteiger partial charge in [0.1, 0.15) is 6.54 Å². The van der Waals surface area contributed by atoms with Crippen LogP contribution in [0.3, 0.4) is 0 Å². The number of fused-ring (bicyclic) bond motifs is 3. The Hall–Kier alpha value is -2.66. The Kier molecular flexibility index (Phi) is 9.53. The largest absolute Gasteiger partial charge is 0.415 e. The lowest BCUT2D eigenvalue weighted by molar-refractivity contribution is -0.940. The highest BCUT2D eigenvalue weighted by atomic mass is 16.5. The third-order valence-corrected chi connectivity index (χ3v) is 8.68. The summed E-state index contributed by atoms with van der Waals surface area (Å²) in [6.07, 6.45) is 12.3. The summed E-state index contributed by atoms with van der Waals surface area (Å²) in [6.45, 7) is 13.8. The van der Waals surface area contributed by atoms with Gasteiger partial charge in [-0.2, -0.15) is 0 Å². The van der Waals surface area contributed by atoms with E-state index >= 15 is 0 Å². The second-order valence-electron chi connectivity index (χ2n) is 12.9. The van der Waals surface area contributed by atoms with Gasteiger partial charge in [-0.05, 0) is 64.3 Å². The lowest BCUT2D eigenvalue weighted by atomic mass is 9.87. The lowest BCUT2D eigenvalue weighted by Gasteiger charge is -2.38. The van der Waals surface area contributed by atoms with E-state index in [1.165, 1.54) is 65.4 Å². The second kappa shape index (κ2) is 12.7. The Morgan fingerprint density at radius 1 is 1.08 bits per heavy atom. The van der Waals surface area contributed by atoms with Gasteiger partial charge in [-0.3, -0.25) is 14.3 Å². The van der Waals surface area contributed by atoms with Crippen LogP contribution in [0.4, 0.5) is 0 Å². The van der Waals surface area contributed by atoms with Crippen LogP contribution in [0.5, 0.6) is 0 Å². The molecule has 1 aliphatic heterocycles. The molecular formula is C34H50N3O2+. The van der Waals surface area contributed by atoms with Crippen LogP contribution in [0.15, 0.2) is 36.5 Å². The quantitative estimate of drug-likeness (QED) is 0.129. The molecule has 1 unspecified atom stereocenters. The molecule has 212 valence electrons. The normalized spacial score (nSPS) is 17.4. The molecule has 3 heterocycles. The molecular weight excluding hydrogens is 482 g/mol. The monoisotopic (exact) mass is 532 g/mol. The van der Waals surface area contributed by atoms with Crippen LogP contribution in [0.1, 0.15) is 93.8 Å². The summed E-state index contributed by atoms with van der Waals surface area (Å²) in [6, 6.07) is 11.1. The number of quaternary nitrogens is 1. The second-order valence-corrected chi connectivity index (χ2v) is 12.9. The number of carbonyl (C=O) groups excluding carboxylic acids is 1. The van der Waals surface area contributed by atoms with E-state index in [9.17, 15) is 4.79 Å². The molecule has 1 aromatic carbocycles. The summed E-state index contributed by atoms with van der Waals surface area (Å²) < 4.78 is 9.30. The molecule has 0 N–H and O–H groups in total. The molecule has 2 aromatic heterocycles. The number of aromatic nitrogens is 2. The zero-order valence-corrected chi connectivity index (χ0v) is 25.3. The van der Waals surface area contributed by atoms with Crippen molar-refractivity contribution in [2.45, 2.75) is 105 Å². The number of nitrogens with zero attached hydrogens (tertiary/aromatic N) is 3. The number of aryl methyl sites for hydroxylation is 4. The highest BCUT2D eigenvalue weighted by Gasteiger charge is 2.36. The highest BCUT2D eigenvalue weighted by molar-refractivity contribution is 5.86. The van der Waals surface area contributed by atoms with Crippen molar-refractivity contribution in [1.29, 1.82) is 0 Å². The first-order valence-electron chi connectivity index (χ1n) is 15.1. The molecule has 4 rings (SSSR count). The zero-order valence-electron chi connectivity index (χ0n) is 25.3. The molecule has 0 amide bonds. The number of esters is 1. The zero-order chi connectivity index (χ0) is 28.0. The molecule has 1 aliphatic rings. The Morgan fingerprint density at radius 2 is 1.85 bits per heavy atom. The summed E-state index contributed by atoms with van der Waals surface area (Å²) in [4.78, 5) is 17.6. The molecule has 3 aromatic rings. The molecule has 5 heteroatoms. The predicted molar refractivity (Wildman–Crippen MR) is 161 cm³/mol. The fourth-order valence-electron chi connectivity index (χ4n) is 6.00. The van der Waals surface area contributed by atoms with Crippen molar-refractivity contribution in [3.63, 3.8) is 0 Å². The number of unbranched alkanes of at least 4 members (excludes halogenated alkanes) is 5. The van der Waals surface area contributed by atoms with Crippen molar-refractivity contribution in [3.8, 4) is 0 Å². The predicted octanol–water partition coefficient (Wildman–Crippen LogP) is 7.68. The minimum Gasteiger partial charge on any atom is -0.415 e. The van der Waals surface area contributed by atoms with Crippen molar-refractivity contribution >= 4 is 16.9 Å². The van der Waals surface area contributed by atoms with Crippen LogP contribution in [0, 0.1) is 19.3 Å². The number of hydrogen-bond donors (Lipinski definition) is 0. The van der Waals surface area contributed by atoms with Crippen LogP contribution < -0.4 is 0 Å². The minimum atomic E-state index is -0.428. The van der Waals surface area contributed by atoms with Crippen molar-refractivity contribution in [3.05, 3.63) is 64.6 Å². The van der Waals surface area contributed by atoms with Gasteiger partial charge in [0.15, 0.2) is 0 Å². The smallest absolute Gasteiger partial charge is 0.315 e. The molecule has 0 fully saturated rings. The van der Waals surface area contributed by atoms with Gasteiger partial charge in [0.25, 0.3) is 0 Å². The summed E-state index contributed by atoms with van der Waals surface area (Å²) in [5.41, 5.74) is 7.37. The van der Waals surface area contributed by atoms with Crippen LogP contribution in [-0.4, -0.2) is 40.3 Å². The number of ether oxygens (including phenoxy) is 1. The van der Waals surface area contributed by atoms with E-state index in [0.29, 0.717) is 6.73 Å². The van der Waals surface area contributed by atoms with Gasteiger partial charge in [-0.25, -0.2) is 0 Å². The molecule has 0 radical (unpaired) electrons. The van der Waals surface area contributed by atoms with Gasteiger partial charge < -0.3 is 9.30 Å². The standard InChI is InChI=1S/C34H50N3O2/c1-7-8-9-10-11-12-19-34(4,5)33(38)39-25-37(6)21-18-32-30(24-37)29-22-26(2)13-16-31(29)36(32)20-17-28-15-14-27(3)35-23-28/h13-16,22-23H,7-12,17-21,24-25H2,1-6H3/q+1. The summed E-state index contributed by atoms with van der Waals surface area (Å²) in [5, 5.41) is 1.35. The number of carbonyl (C=O) groups is 1. The number of pyridine rings is 1. The summed E-state index contributed by atoms with van der Waals surface area (Å²) in [7, 11) is 2.24. The van der Waals surface area contributed by atoms with Crippen molar-refractivity contribution in [1.82, 2.24) is 9.55 Å². The van der Waals surface area contributed by atoms with Gasteiger partial charge in [-0.15, -0.1) is 0 Å². The van der Waals surface area contributed by atoms with Gasteiger partial charge in [0, 0.05) is 47.0 Å². The average Bonchev–Trinajstić information content (AvgIpc) is 3.20. The molecule has 5 nitrogen and oxygen atoms in total. The number of benzene rings is 1. The van der Waals surface area contributed by atoms with Crippen molar-refractivity contribution in [2.75, 3.05) is 20.3 Å². The van der Waals surface area contributed by atoms with Crippen molar-refractivity contribution in [2.24, 2.45) is 5.41 Å². The molecule has 39 heavy (non-hydrogen) atoms. The first kappa shape index (κ1) is 29.3. The maximum atomic E-state index is 13.1. The minimum absolute atomic E-state index is 0.0498. The molecule has 0 saturated heterocycles. The first-order chi connectivity index (χ1) is 18.6. The van der Waals surface area contributed by atoms with E-state index < -0.39 is 5.41 Å². The van der Waals surface area contributed by atoms with E-state index in [2.05, 4.69) is 74.6 Å². The van der Waals surface area contributed by atoms with E-state index in [4.69, 9.17) is 4.74 Å². The van der Waals surface area contributed by atoms with Gasteiger partial charge in [0.05, 0.1) is 19.0 Å². The fraction of sp³-hybridized carbons (Fsp3) is 0.588. The highest BCUT2D eigenvalue weighted by Crippen LogP contribution is 2.35. The molecule has 0 bridgehead atoms. The van der Waals surface area contributed by atoms with E-state index in [0.717, 1.165) is 55.5 Å². The van der Waals surface area contributed by atoms with Crippen LogP contribution >= 0.6 is 0 Å². The van der Waals surface area contributed by atoms with Crippen LogP contribution in [-0.2, 0) is 35.5 Å². The Bertz CT molecular complexity index is 1260. The van der Waals surface area contributed by atoms with E-state index in [1.807, 2.05) is 13.1 Å². The van der Waals surface area contributed by atoms with Gasteiger partial charge in [0.2, 0.25) is 6.73 Å². The molecule has 0 spiro atoms. The summed E-state index contributed by atoms with van der Waals surface area (Å²) in [5.74, 6) is -0.0498. The number of likely N-dealkylation sites (N-methyl/N-ethyl adjacent to an activating group) is 1. The fourth-order valence-corrected chi connectivity index (χ4v) is 6.00. The van der Waals surface area contributed by atoms with E-state index in [1.54, 1.807) is 0 Å². The molecule has 1 atom stereocenters. The van der Waals surface area contributed by atoms with Gasteiger partial charge in [-0.1, -0.05) is 63.1 Å². The van der Waals surface area contributed by atoms with Crippen LogP contribution in [0.25, 0.3) is 10.9 Å².